The summed E-state index contributed by atoms with van der Waals surface area (Å²) in [6.45, 7) is 14.0. The number of benzene rings is 1. The quantitative estimate of drug-likeness (QED) is 0.717. The fraction of sp³-hybridized carbons (Fsp3) is 0.562. The zero-order chi connectivity index (χ0) is 16.7. The lowest BCUT2D eigenvalue weighted by Crippen LogP contribution is -2.41. The highest BCUT2D eigenvalue weighted by Crippen LogP contribution is 2.36. The molecule has 1 aromatic heterocycles. The Balaban J connectivity index is 2.21. The maximum atomic E-state index is 12.1. The number of oxazole rings is 1. The van der Waals surface area contributed by atoms with Gasteiger partial charge in [0, 0.05) is 4.47 Å². The number of aryl methyl sites for hydroxylation is 1. The smallest absolute Gasteiger partial charge is 0.415 e. The molecule has 0 aliphatic rings. The van der Waals surface area contributed by atoms with Gasteiger partial charge in [-0.3, -0.25) is 4.57 Å². The van der Waals surface area contributed by atoms with Crippen LogP contribution in [0.4, 0.5) is 0 Å². The molecule has 0 saturated heterocycles. The van der Waals surface area contributed by atoms with Crippen LogP contribution in [-0.2, 0) is 11.0 Å². The first-order chi connectivity index (χ1) is 10.0. The third-order valence-corrected chi connectivity index (χ3v) is 9.93. The van der Waals surface area contributed by atoms with Crippen LogP contribution in [0.25, 0.3) is 11.1 Å². The van der Waals surface area contributed by atoms with Gasteiger partial charge in [-0.05, 0) is 42.8 Å². The summed E-state index contributed by atoms with van der Waals surface area (Å²) in [5, 5.41) is 0.163. The van der Waals surface area contributed by atoms with E-state index in [1.807, 2.05) is 19.1 Å². The lowest BCUT2D eigenvalue weighted by Gasteiger charge is -2.36. The normalized spacial score (nSPS) is 13.0. The Hall–Kier alpha value is -0.853. The predicted molar refractivity (Wildman–Crippen MR) is 96.1 cm³/mol. The summed E-state index contributed by atoms with van der Waals surface area (Å²) in [6, 6.07) is 3.81. The van der Waals surface area contributed by atoms with E-state index >= 15 is 0 Å². The Kier molecular flexibility index (Phi) is 4.76. The van der Waals surface area contributed by atoms with Gasteiger partial charge in [0.1, 0.15) is 0 Å². The fourth-order valence-corrected chi connectivity index (χ4v) is 3.37. The number of rotatable bonds is 4. The summed E-state index contributed by atoms with van der Waals surface area (Å²) in [7, 11) is -1.80. The zero-order valence-corrected chi connectivity index (χ0v) is 16.7. The number of nitrogens with zero attached hydrogens (tertiary/aromatic N) is 1. The van der Waals surface area contributed by atoms with Gasteiger partial charge in [0.15, 0.2) is 13.9 Å². The Morgan fingerprint density at radius 1 is 1.32 bits per heavy atom. The van der Waals surface area contributed by atoms with Crippen molar-refractivity contribution in [1.29, 1.82) is 0 Å². The Morgan fingerprint density at radius 2 is 1.95 bits per heavy atom. The molecule has 2 rings (SSSR count). The van der Waals surface area contributed by atoms with Gasteiger partial charge in [-0.2, -0.15) is 0 Å². The van der Waals surface area contributed by atoms with Crippen LogP contribution in [0, 0.1) is 6.92 Å². The van der Waals surface area contributed by atoms with Crippen LogP contribution in [0.15, 0.2) is 25.8 Å². The van der Waals surface area contributed by atoms with Gasteiger partial charge < -0.3 is 8.84 Å². The molecule has 0 fully saturated rings. The monoisotopic (exact) mass is 385 g/mol. The van der Waals surface area contributed by atoms with E-state index in [4.69, 9.17) is 8.84 Å². The molecule has 0 radical (unpaired) electrons. The standard InChI is InChI=1S/C16H24BrNO3Si/c1-11-9-14-13(10-12(11)17)18(15(19)21-14)7-8-20-22(5,6)16(2,3)4/h9-10H,7-8H2,1-6H3. The second-order valence-electron chi connectivity index (χ2n) is 7.20. The van der Waals surface area contributed by atoms with Gasteiger partial charge in [0.05, 0.1) is 18.7 Å². The Morgan fingerprint density at radius 3 is 2.55 bits per heavy atom. The first kappa shape index (κ1) is 17.5. The minimum atomic E-state index is -1.80. The molecular formula is C16H24BrNO3Si. The van der Waals surface area contributed by atoms with Gasteiger partial charge in [0.25, 0.3) is 0 Å². The van der Waals surface area contributed by atoms with Crippen molar-refractivity contribution >= 4 is 35.3 Å². The maximum absolute atomic E-state index is 12.1. The van der Waals surface area contributed by atoms with Crippen molar-refractivity contribution in [1.82, 2.24) is 4.57 Å². The van der Waals surface area contributed by atoms with Gasteiger partial charge >= 0.3 is 5.76 Å². The van der Waals surface area contributed by atoms with Crippen LogP contribution < -0.4 is 5.76 Å². The molecule has 0 aliphatic carbocycles. The zero-order valence-electron chi connectivity index (χ0n) is 14.1. The molecule has 0 amide bonds. The molecule has 1 heterocycles. The third kappa shape index (κ3) is 3.39. The molecule has 0 aliphatic heterocycles. The van der Waals surface area contributed by atoms with E-state index in [0.29, 0.717) is 18.7 Å². The van der Waals surface area contributed by atoms with E-state index in [9.17, 15) is 4.79 Å². The number of hydrogen-bond acceptors (Lipinski definition) is 3. The topological polar surface area (TPSA) is 44.4 Å². The summed E-state index contributed by atoms with van der Waals surface area (Å²) in [6.07, 6.45) is 0. The summed E-state index contributed by atoms with van der Waals surface area (Å²) < 4.78 is 14.1. The van der Waals surface area contributed by atoms with Crippen molar-refractivity contribution in [2.45, 2.75) is 52.4 Å². The van der Waals surface area contributed by atoms with E-state index in [2.05, 4.69) is 49.8 Å². The van der Waals surface area contributed by atoms with E-state index in [1.54, 1.807) is 4.57 Å². The summed E-state index contributed by atoms with van der Waals surface area (Å²) in [4.78, 5) is 12.1. The van der Waals surface area contributed by atoms with Gasteiger partial charge in [-0.1, -0.05) is 36.7 Å². The van der Waals surface area contributed by atoms with Gasteiger partial charge in [-0.15, -0.1) is 0 Å². The lowest BCUT2D eigenvalue weighted by atomic mass is 10.2. The van der Waals surface area contributed by atoms with E-state index in [-0.39, 0.29) is 10.8 Å². The molecule has 0 atom stereocenters. The summed E-state index contributed by atoms with van der Waals surface area (Å²) in [5.74, 6) is -0.327. The van der Waals surface area contributed by atoms with Crippen LogP contribution in [0.5, 0.6) is 0 Å². The molecule has 0 unspecified atom stereocenters. The lowest BCUT2D eigenvalue weighted by molar-refractivity contribution is 0.268. The first-order valence-corrected chi connectivity index (χ1v) is 11.2. The first-order valence-electron chi connectivity index (χ1n) is 7.46. The van der Waals surface area contributed by atoms with Crippen LogP contribution >= 0.6 is 15.9 Å². The minimum Gasteiger partial charge on any atom is -0.415 e. The molecular weight excluding hydrogens is 362 g/mol. The van der Waals surface area contributed by atoms with Crippen molar-refractivity contribution in [3.8, 4) is 0 Å². The Bertz CT molecular complexity index is 740. The minimum absolute atomic E-state index is 0.163. The molecule has 4 nitrogen and oxygen atoms in total. The van der Waals surface area contributed by atoms with Crippen LogP contribution in [0.3, 0.4) is 0 Å². The second-order valence-corrected chi connectivity index (χ2v) is 12.9. The largest absolute Gasteiger partial charge is 0.420 e. The highest BCUT2D eigenvalue weighted by Gasteiger charge is 2.36. The van der Waals surface area contributed by atoms with Gasteiger partial charge in [0.2, 0.25) is 0 Å². The number of halogens is 1. The molecule has 6 heteroatoms. The van der Waals surface area contributed by atoms with E-state index in [0.717, 1.165) is 15.6 Å². The molecule has 122 valence electrons. The second kappa shape index (κ2) is 5.98. The highest BCUT2D eigenvalue weighted by molar-refractivity contribution is 9.10. The van der Waals surface area contributed by atoms with E-state index < -0.39 is 8.32 Å². The van der Waals surface area contributed by atoms with Crippen LogP contribution in [0.2, 0.25) is 18.1 Å². The number of fused-ring (bicyclic) bond motifs is 1. The van der Waals surface area contributed by atoms with Crippen molar-refractivity contribution < 1.29 is 8.84 Å². The van der Waals surface area contributed by atoms with Crippen molar-refractivity contribution in [3.05, 3.63) is 32.7 Å². The molecule has 22 heavy (non-hydrogen) atoms. The predicted octanol–water partition coefficient (Wildman–Crippen LogP) is 4.69. The molecule has 0 spiro atoms. The average molecular weight is 386 g/mol. The molecule has 0 bridgehead atoms. The third-order valence-electron chi connectivity index (χ3n) is 4.53. The highest BCUT2D eigenvalue weighted by atomic mass is 79.9. The molecule has 0 saturated carbocycles. The number of hydrogen-bond donors (Lipinski definition) is 0. The maximum Gasteiger partial charge on any atom is 0.420 e. The van der Waals surface area contributed by atoms with Crippen LogP contribution in [-0.4, -0.2) is 19.5 Å². The van der Waals surface area contributed by atoms with Crippen molar-refractivity contribution in [2.75, 3.05) is 6.61 Å². The summed E-state index contributed by atoms with van der Waals surface area (Å²) in [5.41, 5.74) is 2.48. The van der Waals surface area contributed by atoms with E-state index in [1.165, 1.54) is 0 Å². The summed E-state index contributed by atoms with van der Waals surface area (Å²) >= 11 is 3.50. The average Bonchev–Trinajstić information content (AvgIpc) is 2.65. The van der Waals surface area contributed by atoms with Crippen molar-refractivity contribution in [3.63, 3.8) is 0 Å². The van der Waals surface area contributed by atoms with Crippen molar-refractivity contribution in [2.24, 2.45) is 0 Å². The Labute approximate surface area is 140 Å². The molecule has 1 aromatic carbocycles. The SMILES string of the molecule is Cc1cc2oc(=O)n(CCO[Si](C)(C)C(C)(C)C)c2cc1Br. The number of aromatic nitrogens is 1. The van der Waals surface area contributed by atoms with Crippen LogP contribution in [0.1, 0.15) is 26.3 Å². The molecule has 0 N–H and O–H groups in total. The molecule has 2 aromatic rings. The van der Waals surface area contributed by atoms with Gasteiger partial charge in [-0.25, -0.2) is 4.79 Å². The fourth-order valence-electron chi connectivity index (χ4n) is 2.01.